The van der Waals surface area contributed by atoms with E-state index in [1.807, 2.05) is 12.1 Å². The lowest BCUT2D eigenvalue weighted by atomic mass is 10.1. The molecule has 0 radical (unpaired) electrons. The molecule has 2 N–H and O–H groups in total. The number of benzene rings is 1. The van der Waals surface area contributed by atoms with Crippen molar-refractivity contribution in [3.8, 4) is 0 Å². The first-order valence-corrected chi connectivity index (χ1v) is 9.04. The quantitative estimate of drug-likeness (QED) is 0.925. The highest BCUT2D eigenvalue weighted by Gasteiger charge is 2.25. The zero-order chi connectivity index (χ0) is 14.6. The summed E-state index contributed by atoms with van der Waals surface area (Å²) in [5, 5.41) is 0. The number of nitrogens with two attached hydrogens (primary N) is 1. The SMILES string of the molecule is CCS(=O)(=O)c1ccccc1N1CCCCCC1CN. The summed E-state index contributed by atoms with van der Waals surface area (Å²) in [4.78, 5) is 2.65. The molecule has 1 heterocycles. The molecule has 0 amide bonds. The van der Waals surface area contributed by atoms with E-state index in [-0.39, 0.29) is 11.8 Å². The van der Waals surface area contributed by atoms with Crippen LogP contribution >= 0.6 is 0 Å². The highest BCUT2D eigenvalue weighted by molar-refractivity contribution is 7.91. The highest BCUT2D eigenvalue weighted by Crippen LogP contribution is 2.30. The molecule has 0 saturated carbocycles. The molecule has 1 saturated heterocycles. The van der Waals surface area contributed by atoms with Gasteiger partial charge in [-0.15, -0.1) is 0 Å². The van der Waals surface area contributed by atoms with Crippen LogP contribution in [-0.2, 0) is 9.84 Å². The molecule has 1 aliphatic heterocycles. The summed E-state index contributed by atoms with van der Waals surface area (Å²) in [6.45, 7) is 3.15. The summed E-state index contributed by atoms with van der Waals surface area (Å²) >= 11 is 0. The maximum absolute atomic E-state index is 12.3. The van der Waals surface area contributed by atoms with E-state index >= 15 is 0 Å². The van der Waals surface area contributed by atoms with E-state index < -0.39 is 9.84 Å². The van der Waals surface area contributed by atoms with Gasteiger partial charge in [0, 0.05) is 19.1 Å². The van der Waals surface area contributed by atoms with Crippen LogP contribution in [0, 0.1) is 0 Å². The van der Waals surface area contributed by atoms with Gasteiger partial charge in [-0.2, -0.15) is 0 Å². The van der Waals surface area contributed by atoms with E-state index in [1.54, 1.807) is 19.1 Å². The fourth-order valence-electron chi connectivity index (χ4n) is 2.85. The number of hydrogen-bond acceptors (Lipinski definition) is 4. The van der Waals surface area contributed by atoms with Crippen LogP contribution in [0.2, 0.25) is 0 Å². The Kier molecular flexibility index (Phi) is 5.05. The van der Waals surface area contributed by atoms with Crippen molar-refractivity contribution < 1.29 is 8.42 Å². The summed E-state index contributed by atoms with van der Waals surface area (Å²) in [7, 11) is -3.20. The molecule has 0 aliphatic carbocycles. The van der Waals surface area contributed by atoms with E-state index in [2.05, 4.69) is 4.90 Å². The Morgan fingerprint density at radius 2 is 2.00 bits per heavy atom. The lowest BCUT2D eigenvalue weighted by molar-refractivity contribution is 0.573. The average molecular weight is 296 g/mol. The Labute approximate surface area is 121 Å². The van der Waals surface area contributed by atoms with E-state index in [9.17, 15) is 8.42 Å². The van der Waals surface area contributed by atoms with Gasteiger partial charge in [-0.1, -0.05) is 31.9 Å². The minimum atomic E-state index is -3.20. The third kappa shape index (κ3) is 3.15. The largest absolute Gasteiger partial charge is 0.366 e. The van der Waals surface area contributed by atoms with Crippen LogP contribution in [0.5, 0.6) is 0 Å². The van der Waals surface area contributed by atoms with Gasteiger partial charge in [-0.25, -0.2) is 8.42 Å². The van der Waals surface area contributed by atoms with Gasteiger partial charge in [-0.3, -0.25) is 0 Å². The molecule has 2 rings (SSSR count). The minimum Gasteiger partial charge on any atom is -0.366 e. The van der Waals surface area contributed by atoms with Gasteiger partial charge in [0.2, 0.25) is 0 Å². The van der Waals surface area contributed by atoms with Crippen LogP contribution in [0.3, 0.4) is 0 Å². The fourth-order valence-corrected chi connectivity index (χ4v) is 3.95. The van der Waals surface area contributed by atoms with Gasteiger partial charge < -0.3 is 10.6 Å². The molecule has 1 fully saturated rings. The van der Waals surface area contributed by atoms with Gasteiger partial charge in [0.15, 0.2) is 9.84 Å². The molecule has 1 aromatic rings. The summed E-state index contributed by atoms with van der Waals surface area (Å²) in [5.41, 5.74) is 6.73. The molecule has 0 bridgehead atoms. The number of sulfone groups is 1. The van der Waals surface area contributed by atoms with Crippen LogP contribution in [0.1, 0.15) is 32.6 Å². The zero-order valence-corrected chi connectivity index (χ0v) is 12.9. The summed E-state index contributed by atoms with van der Waals surface area (Å²) in [6, 6.07) is 7.57. The Balaban J connectivity index is 2.45. The maximum Gasteiger partial charge on any atom is 0.180 e. The van der Waals surface area contributed by atoms with Crippen molar-refractivity contribution in [3.63, 3.8) is 0 Å². The molecule has 112 valence electrons. The van der Waals surface area contributed by atoms with E-state index in [0.29, 0.717) is 11.4 Å². The van der Waals surface area contributed by atoms with Crippen molar-refractivity contribution in [3.05, 3.63) is 24.3 Å². The lowest BCUT2D eigenvalue weighted by Crippen LogP contribution is -2.41. The molecule has 1 atom stereocenters. The molecular weight excluding hydrogens is 272 g/mol. The van der Waals surface area contributed by atoms with Crippen LogP contribution < -0.4 is 10.6 Å². The van der Waals surface area contributed by atoms with Crippen molar-refractivity contribution in [1.29, 1.82) is 0 Å². The Morgan fingerprint density at radius 3 is 2.70 bits per heavy atom. The molecule has 4 nitrogen and oxygen atoms in total. The second-order valence-corrected chi connectivity index (χ2v) is 7.55. The second kappa shape index (κ2) is 6.59. The Morgan fingerprint density at radius 1 is 1.25 bits per heavy atom. The first kappa shape index (κ1) is 15.3. The zero-order valence-electron chi connectivity index (χ0n) is 12.1. The van der Waals surface area contributed by atoms with Crippen LogP contribution in [0.4, 0.5) is 5.69 Å². The predicted molar refractivity (Wildman–Crippen MR) is 82.8 cm³/mol. The summed E-state index contributed by atoms with van der Waals surface area (Å²) < 4.78 is 24.6. The molecule has 0 aromatic heterocycles. The van der Waals surface area contributed by atoms with Crippen molar-refractivity contribution in [2.75, 3.05) is 23.7 Å². The molecule has 1 aliphatic rings. The van der Waals surface area contributed by atoms with Gasteiger partial charge in [0.1, 0.15) is 0 Å². The van der Waals surface area contributed by atoms with Crippen molar-refractivity contribution >= 4 is 15.5 Å². The third-order valence-corrected chi connectivity index (χ3v) is 5.81. The van der Waals surface area contributed by atoms with Crippen LogP contribution in [0.25, 0.3) is 0 Å². The minimum absolute atomic E-state index is 0.130. The number of anilines is 1. The van der Waals surface area contributed by atoms with Crippen molar-refractivity contribution in [2.24, 2.45) is 5.73 Å². The van der Waals surface area contributed by atoms with Crippen LogP contribution in [0.15, 0.2) is 29.2 Å². The molecule has 0 spiro atoms. The first-order chi connectivity index (χ1) is 9.60. The monoisotopic (exact) mass is 296 g/mol. The normalized spacial score (nSPS) is 20.7. The van der Waals surface area contributed by atoms with Gasteiger partial charge >= 0.3 is 0 Å². The lowest BCUT2D eigenvalue weighted by Gasteiger charge is -2.32. The maximum atomic E-state index is 12.3. The van der Waals surface area contributed by atoms with Crippen molar-refractivity contribution in [2.45, 2.75) is 43.5 Å². The Bertz CT molecular complexity index is 543. The molecule has 5 heteroatoms. The molecule has 1 unspecified atom stereocenters. The van der Waals surface area contributed by atoms with E-state index in [1.165, 1.54) is 12.8 Å². The van der Waals surface area contributed by atoms with Crippen LogP contribution in [-0.4, -0.2) is 33.3 Å². The number of hydrogen-bond donors (Lipinski definition) is 1. The number of para-hydroxylation sites is 1. The van der Waals surface area contributed by atoms with Gasteiger partial charge in [0.25, 0.3) is 0 Å². The molecular formula is C15H24N2O2S. The van der Waals surface area contributed by atoms with E-state index in [4.69, 9.17) is 5.73 Å². The third-order valence-electron chi connectivity index (χ3n) is 4.04. The van der Waals surface area contributed by atoms with Gasteiger partial charge in [-0.05, 0) is 25.0 Å². The Hall–Kier alpha value is -1.07. The number of rotatable bonds is 4. The van der Waals surface area contributed by atoms with Gasteiger partial charge in [0.05, 0.1) is 16.3 Å². The first-order valence-electron chi connectivity index (χ1n) is 7.38. The average Bonchev–Trinajstić information content (AvgIpc) is 2.72. The summed E-state index contributed by atoms with van der Waals surface area (Å²) in [6.07, 6.45) is 4.49. The van der Waals surface area contributed by atoms with Crippen molar-refractivity contribution in [1.82, 2.24) is 0 Å². The second-order valence-electron chi connectivity index (χ2n) is 5.30. The number of nitrogens with zero attached hydrogens (tertiary/aromatic N) is 1. The molecule has 20 heavy (non-hydrogen) atoms. The highest BCUT2D eigenvalue weighted by atomic mass is 32.2. The standard InChI is InChI=1S/C15H24N2O2S/c1-2-20(18,19)15-10-6-5-9-14(15)17-11-7-3-4-8-13(17)12-16/h5-6,9-10,13H,2-4,7-8,11-12,16H2,1H3. The topological polar surface area (TPSA) is 63.4 Å². The molecule has 1 aromatic carbocycles. The smallest absolute Gasteiger partial charge is 0.180 e. The fraction of sp³-hybridized carbons (Fsp3) is 0.600. The van der Waals surface area contributed by atoms with E-state index in [0.717, 1.165) is 25.1 Å². The predicted octanol–water partition coefficient (Wildman–Crippen LogP) is 2.19. The summed E-state index contributed by atoms with van der Waals surface area (Å²) in [5.74, 6) is 0.130.